The van der Waals surface area contributed by atoms with Crippen LogP contribution in [0.25, 0.3) is 16.5 Å². The number of amides is 2. The molecule has 214 valence electrons. The minimum absolute atomic E-state index is 0.0252. The van der Waals surface area contributed by atoms with Gasteiger partial charge in [-0.15, -0.1) is 0 Å². The molecule has 8 nitrogen and oxygen atoms in total. The number of hydrogen-bond donors (Lipinski definition) is 2. The Kier molecular flexibility index (Phi) is 6.84. The molecule has 42 heavy (non-hydrogen) atoms. The van der Waals surface area contributed by atoms with Gasteiger partial charge >= 0.3 is 5.97 Å². The van der Waals surface area contributed by atoms with Crippen molar-refractivity contribution in [1.29, 1.82) is 0 Å². The molecule has 2 heterocycles. The van der Waals surface area contributed by atoms with E-state index in [4.69, 9.17) is 5.73 Å². The molecule has 0 spiro atoms. The van der Waals surface area contributed by atoms with Crippen molar-refractivity contribution in [3.8, 4) is 5.69 Å². The molecule has 1 atom stereocenters. The molecular formula is C32H27F2N3O5. The van der Waals surface area contributed by atoms with E-state index in [2.05, 4.69) is 0 Å². The predicted octanol–water partition coefficient (Wildman–Crippen LogP) is 4.73. The SMILES string of the molecule is NC(=O)c1c(F)cccc1[C@H](c1ccc(F)c2c(=O)n(-c3ccccc3)c(CN3CCCC3=O)c(C(=O)O)c12)C1CC1. The molecule has 4 aromatic rings. The largest absolute Gasteiger partial charge is 0.478 e. The van der Waals surface area contributed by atoms with E-state index in [1.807, 2.05) is 0 Å². The van der Waals surface area contributed by atoms with E-state index in [9.17, 15) is 28.7 Å². The molecule has 0 radical (unpaired) electrons. The fourth-order valence-corrected chi connectivity index (χ4v) is 6.27. The molecule has 2 aliphatic rings. The number of rotatable bonds is 8. The van der Waals surface area contributed by atoms with Crippen LogP contribution in [0.3, 0.4) is 0 Å². The van der Waals surface area contributed by atoms with Crippen molar-refractivity contribution >= 4 is 28.6 Å². The fraction of sp³-hybridized carbons (Fsp3) is 0.250. The summed E-state index contributed by atoms with van der Waals surface area (Å²) in [6, 6.07) is 14.9. The summed E-state index contributed by atoms with van der Waals surface area (Å²) in [4.78, 5) is 53.9. The van der Waals surface area contributed by atoms with Gasteiger partial charge in [-0.05, 0) is 60.6 Å². The topological polar surface area (TPSA) is 123 Å². The third kappa shape index (κ3) is 4.52. The number of carbonyl (C=O) groups is 3. The van der Waals surface area contributed by atoms with Crippen LogP contribution >= 0.6 is 0 Å². The number of nitrogens with two attached hydrogens (primary N) is 1. The van der Waals surface area contributed by atoms with E-state index in [0.29, 0.717) is 37.9 Å². The Morgan fingerprint density at radius 1 is 0.905 bits per heavy atom. The van der Waals surface area contributed by atoms with E-state index >= 15 is 4.39 Å². The molecule has 3 aromatic carbocycles. The highest BCUT2D eigenvalue weighted by Crippen LogP contribution is 2.49. The van der Waals surface area contributed by atoms with Crippen LogP contribution in [0.2, 0.25) is 0 Å². The van der Waals surface area contributed by atoms with Gasteiger partial charge in [0.1, 0.15) is 11.6 Å². The molecule has 0 bridgehead atoms. The first-order valence-corrected chi connectivity index (χ1v) is 13.7. The van der Waals surface area contributed by atoms with Crippen molar-refractivity contribution in [2.45, 2.75) is 38.1 Å². The second kappa shape index (κ2) is 10.5. The van der Waals surface area contributed by atoms with Crippen molar-refractivity contribution in [3.63, 3.8) is 0 Å². The van der Waals surface area contributed by atoms with Crippen molar-refractivity contribution in [2.24, 2.45) is 11.7 Å². The van der Waals surface area contributed by atoms with Gasteiger partial charge in [0, 0.05) is 30.0 Å². The predicted molar refractivity (Wildman–Crippen MR) is 151 cm³/mol. The van der Waals surface area contributed by atoms with E-state index in [1.54, 1.807) is 36.4 Å². The number of hydrogen-bond acceptors (Lipinski definition) is 4. The monoisotopic (exact) mass is 571 g/mol. The van der Waals surface area contributed by atoms with Crippen LogP contribution in [0.15, 0.2) is 65.5 Å². The number of carboxylic acid groups (broad SMARTS) is 1. The number of carboxylic acids is 1. The minimum Gasteiger partial charge on any atom is -0.478 e. The molecule has 1 saturated heterocycles. The van der Waals surface area contributed by atoms with Gasteiger partial charge in [0.05, 0.1) is 28.8 Å². The number of para-hydroxylation sites is 1. The lowest BCUT2D eigenvalue weighted by atomic mass is 9.80. The highest BCUT2D eigenvalue weighted by Gasteiger charge is 2.39. The number of carbonyl (C=O) groups excluding carboxylic acids is 2. The second-order valence-corrected chi connectivity index (χ2v) is 10.8. The first kappa shape index (κ1) is 27.3. The smallest absolute Gasteiger partial charge is 0.338 e. The zero-order valence-electron chi connectivity index (χ0n) is 22.5. The zero-order valence-corrected chi connectivity index (χ0v) is 22.5. The highest BCUT2D eigenvalue weighted by molar-refractivity contribution is 6.07. The van der Waals surface area contributed by atoms with Gasteiger partial charge < -0.3 is 15.7 Å². The number of benzene rings is 3. The Labute approximate surface area is 239 Å². The third-order valence-corrected chi connectivity index (χ3v) is 8.21. The molecule has 1 aromatic heterocycles. The number of halogens is 2. The fourth-order valence-electron chi connectivity index (χ4n) is 6.27. The summed E-state index contributed by atoms with van der Waals surface area (Å²) in [6.45, 7) is 0.196. The Morgan fingerprint density at radius 2 is 1.64 bits per heavy atom. The zero-order chi connectivity index (χ0) is 29.7. The number of aromatic carboxylic acids is 1. The number of primary amides is 1. The van der Waals surface area contributed by atoms with Crippen LogP contribution in [0.4, 0.5) is 8.78 Å². The molecule has 6 rings (SSSR count). The molecular weight excluding hydrogens is 544 g/mol. The van der Waals surface area contributed by atoms with Crippen molar-refractivity contribution in [3.05, 3.63) is 111 Å². The molecule has 1 saturated carbocycles. The normalized spacial score (nSPS) is 15.8. The van der Waals surface area contributed by atoms with Crippen molar-refractivity contribution in [1.82, 2.24) is 9.47 Å². The van der Waals surface area contributed by atoms with E-state index in [-0.39, 0.29) is 51.7 Å². The lowest BCUT2D eigenvalue weighted by Crippen LogP contribution is -2.33. The molecule has 1 aliphatic heterocycles. The van der Waals surface area contributed by atoms with E-state index in [1.165, 1.54) is 17.0 Å². The highest BCUT2D eigenvalue weighted by atomic mass is 19.1. The standard InChI is InChI=1S/C32H27F2N3O5/c33-21-9-4-8-19(26(21)30(35)39)25(17-11-12-17)20-13-14-22(34)28-27(20)29(32(41)42)23(16-36-15-5-10-24(36)38)37(31(28)40)18-6-2-1-3-7-18/h1-4,6-9,13-14,17,25H,5,10-12,15-16H2,(H2,35,39)(H,41,42)/t25-/m1/s1. The summed E-state index contributed by atoms with van der Waals surface area (Å²) >= 11 is 0. The maximum atomic E-state index is 15.7. The average Bonchev–Trinajstić information content (AvgIpc) is 3.71. The summed E-state index contributed by atoms with van der Waals surface area (Å²) in [5.74, 6) is -5.19. The van der Waals surface area contributed by atoms with Gasteiger partial charge in [0.2, 0.25) is 5.91 Å². The number of likely N-dealkylation sites (tertiary alicyclic amines) is 1. The summed E-state index contributed by atoms with van der Waals surface area (Å²) in [5, 5.41) is 10.1. The van der Waals surface area contributed by atoms with Crippen LogP contribution in [0.5, 0.6) is 0 Å². The van der Waals surface area contributed by atoms with Crippen LogP contribution in [-0.4, -0.2) is 38.9 Å². The van der Waals surface area contributed by atoms with E-state index < -0.39 is 40.4 Å². The van der Waals surface area contributed by atoms with Crippen molar-refractivity contribution < 1.29 is 28.3 Å². The maximum Gasteiger partial charge on any atom is 0.338 e. The average molecular weight is 572 g/mol. The summed E-state index contributed by atoms with van der Waals surface area (Å²) in [5.41, 5.74) is 5.01. The number of fused-ring (bicyclic) bond motifs is 1. The number of nitrogens with zero attached hydrogens (tertiary/aromatic N) is 2. The lowest BCUT2D eigenvalue weighted by molar-refractivity contribution is -0.128. The Balaban J connectivity index is 1.74. The number of pyridine rings is 1. The van der Waals surface area contributed by atoms with Gasteiger partial charge in [-0.25, -0.2) is 13.6 Å². The number of aromatic nitrogens is 1. The lowest BCUT2D eigenvalue weighted by Gasteiger charge is -2.26. The van der Waals surface area contributed by atoms with E-state index in [0.717, 1.165) is 16.7 Å². The first-order chi connectivity index (χ1) is 20.2. The van der Waals surface area contributed by atoms with Crippen molar-refractivity contribution in [2.75, 3.05) is 6.54 Å². The van der Waals surface area contributed by atoms with Crippen LogP contribution in [0.1, 0.15) is 69.1 Å². The Bertz CT molecular complexity index is 1830. The molecule has 10 heteroatoms. The molecule has 0 unspecified atom stereocenters. The summed E-state index contributed by atoms with van der Waals surface area (Å²) in [6.07, 6.45) is 2.27. The van der Waals surface area contributed by atoms with Crippen LogP contribution in [-0.2, 0) is 11.3 Å². The minimum atomic E-state index is -1.41. The van der Waals surface area contributed by atoms with Gasteiger partial charge in [-0.3, -0.25) is 19.0 Å². The van der Waals surface area contributed by atoms with Gasteiger partial charge in [-0.2, -0.15) is 0 Å². The molecule has 3 N–H and O–H groups in total. The molecule has 1 aliphatic carbocycles. The van der Waals surface area contributed by atoms with Gasteiger partial charge in [-0.1, -0.05) is 36.4 Å². The summed E-state index contributed by atoms with van der Waals surface area (Å²) in [7, 11) is 0. The molecule has 2 fully saturated rings. The second-order valence-electron chi connectivity index (χ2n) is 10.8. The van der Waals surface area contributed by atoms with Gasteiger partial charge in [0.15, 0.2) is 0 Å². The Morgan fingerprint density at radius 3 is 2.26 bits per heavy atom. The molecule has 2 amide bonds. The van der Waals surface area contributed by atoms with Gasteiger partial charge in [0.25, 0.3) is 11.5 Å². The first-order valence-electron chi connectivity index (χ1n) is 13.7. The Hall–Kier alpha value is -4.86. The van der Waals surface area contributed by atoms with Crippen LogP contribution in [0, 0.1) is 17.6 Å². The summed E-state index contributed by atoms with van der Waals surface area (Å²) < 4.78 is 31.8. The third-order valence-electron chi connectivity index (χ3n) is 8.21. The quantitative estimate of drug-likeness (QED) is 0.317. The maximum absolute atomic E-state index is 15.7. The van der Waals surface area contributed by atoms with Crippen LogP contribution < -0.4 is 11.3 Å².